The summed E-state index contributed by atoms with van der Waals surface area (Å²) >= 11 is 3.30. The van der Waals surface area contributed by atoms with E-state index in [0.29, 0.717) is 29.5 Å². The highest BCUT2D eigenvalue weighted by Crippen LogP contribution is 2.17. The lowest BCUT2D eigenvalue weighted by molar-refractivity contribution is 0.300. The topological polar surface area (TPSA) is 75.3 Å². The molecule has 2 rings (SSSR count). The zero-order valence-electron chi connectivity index (χ0n) is 10.3. The van der Waals surface area contributed by atoms with Crippen LogP contribution in [0.3, 0.4) is 0 Å². The third-order valence-electron chi connectivity index (χ3n) is 2.57. The molecule has 0 aliphatic rings. The second-order valence-corrected chi connectivity index (χ2v) is 4.86. The van der Waals surface area contributed by atoms with Gasteiger partial charge in [0.25, 0.3) is 0 Å². The van der Waals surface area contributed by atoms with Crippen molar-refractivity contribution < 1.29 is 5.11 Å². The molecule has 2 aromatic rings. The normalized spacial score (nSPS) is 10.4. The van der Waals surface area contributed by atoms with E-state index < -0.39 is 0 Å². The smallest absolute Gasteiger partial charge is 0.228 e. The summed E-state index contributed by atoms with van der Waals surface area (Å²) in [5.41, 5.74) is 6.84. The van der Waals surface area contributed by atoms with Crippen LogP contribution >= 0.6 is 15.9 Å². The van der Waals surface area contributed by atoms with Gasteiger partial charge in [-0.05, 0) is 21.5 Å². The van der Waals surface area contributed by atoms with Gasteiger partial charge in [-0.15, -0.1) is 0 Å². The van der Waals surface area contributed by atoms with Crippen LogP contribution in [-0.4, -0.2) is 28.2 Å². The first-order chi connectivity index (χ1) is 9.19. The molecule has 19 heavy (non-hydrogen) atoms. The van der Waals surface area contributed by atoms with Crippen molar-refractivity contribution in [3.05, 3.63) is 46.6 Å². The minimum Gasteiger partial charge on any atom is -0.395 e. The second kappa shape index (κ2) is 6.49. The first-order valence-corrected chi connectivity index (χ1v) is 6.68. The van der Waals surface area contributed by atoms with Gasteiger partial charge in [0.05, 0.1) is 6.61 Å². The lowest BCUT2D eigenvalue weighted by atomic mass is 10.2. The Morgan fingerprint density at radius 2 is 1.95 bits per heavy atom. The number of hydrogen-bond acceptors (Lipinski definition) is 5. The van der Waals surface area contributed by atoms with E-state index in [1.165, 1.54) is 0 Å². The molecule has 0 atom stereocenters. The highest BCUT2D eigenvalue weighted by molar-refractivity contribution is 9.10. The fourth-order valence-corrected chi connectivity index (χ4v) is 2.13. The number of benzene rings is 1. The Bertz CT molecular complexity index is 515. The zero-order valence-corrected chi connectivity index (χ0v) is 11.9. The number of nitrogens with zero attached hydrogens (tertiary/aromatic N) is 3. The molecule has 0 saturated carbocycles. The van der Waals surface area contributed by atoms with Crippen LogP contribution in [0.4, 0.5) is 11.8 Å². The molecule has 1 aromatic heterocycles. The van der Waals surface area contributed by atoms with Crippen molar-refractivity contribution >= 4 is 27.7 Å². The molecule has 0 bridgehead atoms. The zero-order chi connectivity index (χ0) is 13.7. The Morgan fingerprint density at radius 3 is 2.58 bits per heavy atom. The average molecular weight is 323 g/mol. The Balaban J connectivity index is 2.24. The Hall–Kier alpha value is -1.66. The summed E-state index contributed by atoms with van der Waals surface area (Å²) in [5.74, 6) is 0.901. The quantitative estimate of drug-likeness (QED) is 0.821. The van der Waals surface area contributed by atoms with E-state index in [4.69, 9.17) is 5.73 Å². The summed E-state index contributed by atoms with van der Waals surface area (Å²) in [4.78, 5) is 10.4. The first kappa shape index (κ1) is 13.8. The molecule has 0 saturated heterocycles. The van der Waals surface area contributed by atoms with Crippen molar-refractivity contribution in [2.24, 2.45) is 0 Å². The highest BCUT2D eigenvalue weighted by Gasteiger charge is 2.11. The molecule has 6 heteroatoms. The summed E-state index contributed by atoms with van der Waals surface area (Å²) in [6.45, 7) is 1.10. The average Bonchev–Trinajstić information content (AvgIpc) is 2.38. The van der Waals surface area contributed by atoms with Crippen LogP contribution in [0.15, 0.2) is 41.0 Å². The van der Waals surface area contributed by atoms with Gasteiger partial charge in [0.15, 0.2) is 0 Å². The maximum Gasteiger partial charge on any atom is 0.228 e. The molecule has 3 N–H and O–H groups in total. The molecule has 0 spiro atoms. The number of hydrogen-bond donors (Lipinski definition) is 2. The molecule has 0 aliphatic heterocycles. The van der Waals surface area contributed by atoms with Gasteiger partial charge in [-0.25, -0.2) is 4.98 Å². The first-order valence-electron chi connectivity index (χ1n) is 5.89. The van der Waals surface area contributed by atoms with Crippen molar-refractivity contribution in [2.45, 2.75) is 6.54 Å². The molecule has 0 fully saturated rings. The van der Waals surface area contributed by atoms with Gasteiger partial charge in [0.1, 0.15) is 10.4 Å². The van der Waals surface area contributed by atoms with Gasteiger partial charge in [0, 0.05) is 19.2 Å². The molecule has 0 aliphatic carbocycles. The van der Waals surface area contributed by atoms with Crippen LogP contribution in [0.5, 0.6) is 0 Å². The number of anilines is 2. The summed E-state index contributed by atoms with van der Waals surface area (Å²) in [6.07, 6.45) is 0. The van der Waals surface area contributed by atoms with Crippen molar-refractivity contribution in [2.75, 3.05) is 23.8 Å². The predicted molar refractivity (Wildman–Crippen MR) is 78.7 cm³/mol. The number of rotatable bonds is 5. The Labute approximate surface area is 120 Å². The molecular formula is C13H15BrN4O. The van der Waals surface area contributed by atoms with E-state index in [1.54, 1.807) is 6.07 Å². The fourth-order valence-electron chi connectivity index (χ4n) is 1.74. The van der Waals surface area contributed by atoms with E-state index in [-0.39, 0.29) is 6.61 Å². The van der Waals surface area contributed by atoms with Gasteiger partial charge < -0.3 is 15.7 Å². The second-order valence-electron chi connectivity index (χ2n) is 4.05. The monoisotopic (exact) mass is 322 g/mol. The van der Waals surface area contributed by atoms with Crippen molar-refractivity contribution in [1.82, 2.24) is 9.97 Å². The van der Waals surface area contributed by atoms with E-state index in [1.807, 2.05) is 35.2 Å². The lowest BCUT2D eigenvalue weighted by Crippen LogP contribution is -2.28. The number of nitrogen functional groups attached to an aromatic ring is 1. The number of aliphatic hydroxyl groups excluding tert-OH is 1. The molecule has 0 amide bonds. The van der Waals surface area contributed by atoms with Crippen molar-refractivity contribution in [1.29, 1.82) is 0 Å². The summed E-state index contributed by atoms with van der Waals surface area (Å²) in [5, 5.41) is 9.17. The van der Waals surface area contributed by atoms with Crippen LogP contribution < -0.4 is 10.6 Å². The van der Waals surface area contributed by atoms with E-state index in [2.05, 4.69) is 25.9 Å². The van der Waals surface area contributed by atoms with Gasteiger partial charge in [-0.2, -0.15) is 4.98 Å². The predicted octanol–water partition coefficient (Wildman–Crippen LogP) is 1.82. The van der Waals surface area contributed by atoms with Crippen molar-refractivity contribution in [3.8, 4) is 0 Å². The number of halogens is 1. The molecular weight excluding hydrogens is 308 g/mol. The van der Waals surface area contributed by atoms with E-state index in [9.17, 15) is 5.11 Å². The molecule has 5 nitrogen and oxygen atoms in total. The van der Waals surface area contributed by atoms with Crippen LogP contribution in [0.2, 0.25) is 0 Å². The third kappa shape index (κ3) is 3.90. The SMILES string of the molecule is Nc1cc(Br)nc(N(CCO)Cc2ccccc2)n1. The lowest BCUT2D eigenvalue weighted by Gasteiger charge is -2.22. The number of nitrogens with two attached hydrogens (primary N) is 1. The van der Waals surface area contributed by atoms with Gasteiger partial charge in [-0.3, -0.25) is 0 Å². The highest BCUT2D eigenvalue weighted by atomic mass is 79.9. The Morgan fingerprint density at radius 1 is 1.21 bits per heavy atom. The largest absolute Gasteiger partial charge is 0.395 e. The molecule has 0 radical (unpaired) electrons. The van der Waals surface area contributed by atoms with Gasteiger partial charge >= 0.3 is 0 Å². The minimum absolute atomic E-state index is 0.0304. The maximum atomic E-state index is 9.17. The maximum absolute atomic E-state index is 9.17. The van der Waals surface area contributed by atoms with Crippen LogP contribution in [0.1, 0.15) is 5.56 Å². The molecule has 1 aromatic carbocycles. The van der Waals surface area contributed by atoms with Gasteiger partial charge in [-0.1, -0.05) is 30.3 Å². The third-order valence-corrected chi connectivity index (χ3v) is 2.98. The molecule has 0 unspecified atom stereocenters. The Kier molecular flexibility index (Phi) is 4.70. The summed E-state index contributed by atoms with van der Waals surface area (Å²) in [7, 11) is 0. The molecule has 100 valence electrons. The van der Waals surface area contributed by atoms with E-state index >= 15 is 0 Å². The number of aromatic nitrogens is 2. The van der Waals surface area contributed by atoms with Crippen LogP contribution in [-0.2, 0) is 6.54 Å². The van der Waals surface area contributed by atoms with Crippen LogP contribution in [0, 0.1) is 0 Å². The summed E-state index contributed by atoms with van der Waals surface area (Å²) in [6, 6.07) is 11.6. The fraction of sp³-hybridized carbons (Fsp3) is 0.231. The van der Waals surface area contributed by atoms with Crippen LogP contribution in [0.25, 0.3) is 0 Å². The van der Waals surface area contributed by atoms with Crippen molar-refractivity contribution in [3.63, 3.8) is 0 Å². The van der Waals surface area contributed by atoms with Gasteiger partial charge in [0.2, 0.25) is 5.95 Å². The number of aliphatic hydroxyl groups is 1. The summed E-state index contributed by atoms with van der Waals surface area (Å²) < 4.78 is 0.631. The molecule has 1 heterocycles. The van der Waals surface area contributed by atoms with E-state index in [0.717, 1.165) is 5.56 Å². The standard InChI is InChI=1S/C13H15BrN4O/c14-11-8-12(15)17-13(16-11)18(6-7-19)9-10-4-2-1-3-5-10/h1-5,8,19H,6-7,9H2,(H2,15,16,17). The minimum atomic E-state index is 0.0304.